The van der Waals surface area contributed by atoms with Gasteiger partial charge in [0.05, 0.1) is 17.0 Å². The highest BCUT2D eigenvalue weighted by molar-refractivity contribution is 5.90. The average molecular weight is 306 g/mol. The van der Waals surface area contributed by atoms with Crippen molar-refractivity contribution in [2.24, 2.45) is 5.41 Å². The van der Waals surface area contributed by atoms with Crippen LogP contribution < -0.4 is 4.90 Å². The first-order valence-electron chi connectivity index (χ1n) is 7.10. The smallest absolute Gasteiger partial charge is 0.341 e. The monoisotopic (exact) mass is 306 g/mol. The maximum absolute atomic E-state index is 14.0. The van der Waals surface area contributed by atoms with Crippen LogP contribution in [0.4, 0.5) is 10.1 Å². The molecular weight excluding hydrogens is 287 g/mol. The highest BCUT2D eigenvalue weighted by Gasteiger charge is 2.34. The van der Waals surface area contributed by atoms with Crippen LogP contribution in [0.1, 0.15) is 23.2 Å². The van der Waals surface area contributed by atoms with Crippen molar-refractivity contribution >= 4 is 11.7 Å². The summed E-state index contributed by atoms with van der Waals surface area (Å²) in [5.41, 5.74) is -0.189. The van der Waals surface area contributed by atoms with E-state index in [-0.39, 0.29) is 12.2 Å². The van der Waals surface area contributed by atoms with E-state index in [4.69, 9.17) is 9.47 Å². The van der Waals surface area contributed by atoms with E-state index in [9.17, 15) is 14.4 Å². The molecule has 1 saturated heterocycles. The largest absolute Gasteiger partial charge is 0.460 e. The van der Waals surface area contributed by atoms with Crippen LogP contribution in [0.2, 0.25) is 0 Å². The number of esters is 1. The zero-order chi connectivity index (χ0) is 16.2. The number of carbonyl (C=O) groups is 1. The van der Waals surface area contributed by atoms with Crippen molar-refractivity contribution < 1.29 is 18.7 Å². The minimum Gasteiger partial charge on any atom is -0.460 e. The fourth-order valence-electron chi connectivity index (χ4n) is 2.28. The molecule has 0 spiro atoms. The van der Waals surface area contributed by atoms with Gasteiger partial charge >= 0.3 is 5.97 Å². The number of rotatable bonds is 4. The molecule has 0 radical (unpaired) electrons. The van der Waals surface area contributed by atoms with Crippen molar-refractivity contribution in [1.29, 1.82) is 5.26 Å². The number of anilines is 1. The lowest BCUT2D eigenvalue weighted by Crippen LogP contribution is -2.33. The second kappa shape index (κ2) is 6.75. The summed E-state index contributed by atoms with van der Waals surface area (Å²) in [6.45, 7) is 0.897. The molecule has 6 heteroatoms. The number of nitriles is 1. The Morgan fingerprint density at radius 1 is 1.45 bits per heavy atom. The lowest BCUT2D eigenvalue weighted by Gasteiger charge is -2.29. The number of carbonyl (C=O) groups excluding carboxylic acids is 1. The Labute approximate surface area is 129 Å². The van der Waals surface area contributed by atoms with E-state index in [2.05, 4.69) is 6.07 Å². The molecule has 0 unspecified atom stereocenters. The van der Waals surface area contributed by atoms with E-state index in [1.54, 1.807) is 25.1 Å². The summed E-state index contributed by atoms with van der Waals surface area (Å²) >= 11 is 0. The second-order valence-corrected chi connectivity index (χ2v) is 5.64. The Kier molecular flexibility index (Phi) is 4.99. The van der Waals surface area contributed by atoms with Crippen molar-refractivity contribution in [3.8, 4) is 6.07 Å². The van der Waals surface area contributed by atoms with Crippen molar-refractivity contribution in [2.75, 3.05) is 38.8 Å². The minimum absolute atomic E-state index is 0.0411. The summed E-state index contributed by atoms with van der Waals surface area (Å²) in [5.74, 6) is -1.38. The number of hydrogen-bond donors (Lipinski definition) is 0. The summed E-state index contributed by atoms with van der Waals surface area (Å²) in [4.78, 5) is 13.8. The van der Waals surface area contributed by atoms with Crippen molar-refractivity contribution in [3.05, 3.63) is 29.6 Å². The minimum atomic E-state index is -0.746. The van der Waals surface area contributed by atoms with Crippen LogP contribution in [0.3, 0.4) is 0 Å². The molecule has 0 aliphatic carbocycles. The van der Waals surface area contributed by atoms with Crippen molar-refractivity contribution in [1.82, 2.24) is 0 Å². The Morgan fingerprint density at radius 2 is 2.14 bits per heavy atom. The van der Waals surface area contributed by atoms with Crippen LogP contribution in [0.25, 0.3) is 0 Å². The first kappa shape index (κ1) is 16.2. The molecule has 1 aromatic rings. The van der Waals surface area contributed by atoms with Gasteiger partial charge in [-0.3, -0.25) is 0 Å². The molecule has 1 fully saturated rings. The van der Waals surface area contributed by atoms with Crippen molar-refractivity contribution in [2.45, 2.75) is 12.8 Å². The zero-order valence-corrected chi connectivity index (χ0v) is 12.8. The molecule has 1 aromatic carbocycles. The highest BCUT2D eigenvalue weighted by atomic mass is 19.1. The standard InChI is InChI=1S/C16H19FN2O3/c1-19(2)12-3-4-13(14(17)9-12)15(20)22-11-16(10-18)5-7-21-8-6-16/h3-4,9H,5-8,11H2,1-2H3. The Hall–Kier alpha value is -2.13. The Bertz CT molecular complexity index is 590. The second-order valence-electron chi connectivity index (χ2n) is 5.64. The molecule has 0 saturated carbocycles. The summed E-state index contributed by atoms with van der Waals surface area (Å²) in [6, 6.07) is 6.53. The molecule has 22 heavy (non-hydrogen) atoms. The van der Waals surface area contributed by atoms with E-state index < -0.39 is 17.2 Å². The van der Waals surface area contributed by atoms with Gasteiger partial charge < -0.3 is 14.4 Å². The van der Waals surface area contributed by atoms with Gasteiger partial charge in [0, 0.05) is 33.0 Å². The SMILES string of the molecule is CN(C)c1ccc(C(=O)OCC2(C#N)CCOCC2)c(F)c1. The lowest BCUT2D eigenvalue weighted by atomic mass is 9.83. The molecule has 1 heterocycles. The number of nitrogens with zero attached hydrogens (tertiary/aromatic N) is 2. The quantitative estimate of drug-likeness (QED) is 0.799. The van der Waals surface area contributed by atoms with Crippen LogP contribution in [0.15, 0.2) is 18.2 Å². The van der Waals surface area contributed by atoms with Gasteiger partial charge in [-0.25, -0.2) is 9.18 Å². The molecule has 118 valence electrons. The van der Waals surface area contributed by atoms with Gasteiger partial charge in [0.1, 0.15) is 12.4 Å². The van der Waals surface area contributed by atoms with Crippen LogP contribution in [0, 0.1) is 22.6 Å². The number of ether oxygens (including phenoxy) is 2. The average Bonchev–Trinajstić information content (AvgIpc) is 2.53. The maximum Gasteiger partial charge on any atom is 0.341 e. The van der Waals surface area contributed by atoms with Gasteiger partial charge in [-0.1, -0.05) is 0 Å². The summed E-state index contributed by atoms with van der Waals surface area (Å²) in [5, 5.41) is 9.30. The summed E-state index contributed by atoms with van der Waals surface area (Å²) in [6.07, 6.45) is 1.03. The molecule has 0 atom stereocenters. The first-order valence-corrected chi connectivity index (χ1v) is 7.10. The maximum atomic E-state index is 14.0. The molecule has 1 aliphatic rings. The molecule has 0 N–H and O–H groups in total. The normalized spacial score (nSPS) is 16.6. The van der Waals surface area contributed by atoms with Gasteiger partial charge in [-0.15, -0.1) is 0 Å². The third kappa shape index (κ3) is 3.55. The molecular formula is C16H19FN2O3. The Balaban J connectivity index is 2.05. The number of benzene rings is 1. The molecule has 5 nitrogen and oxygen atoms in total. The summed E-state index contributed by atoms with van der Waals surface area (Å²) < 4.78 is 24.4. The van der Waals surface area contributed by atoms with Gasteiger partial charge in [-0.2, -0.15) is 5.26 Å². The highest BCUT2D eigenvalue weighted by Crippen LogP contribution is 2.30. The van der Waals surface area contributed by atoms with Crippen molar-refractivity contribution in [3.63, 3.8) is 0 Å². The van der Waals surface area contributed by atoms with Crippen LogP contribution in [-0.4, -0.2) is 39.9 Å². The fourth-order valence-corrected chi connectivity index (χ4v) is 2.28. The zero-order valence-electron chi connectivity index (χ0n) is 12.8. The van der Waals surface area contributed by atoms with E-state index in [1.165, 1.54) is 12.1 Å². The van der Waals surface area contributed by atoms with E-state index >= 15 is 0 Å². The van der Waals surface area contributed by atoms with Crippen LogP contribution in [0.5, 0.6) is 0 Å². The molecule has 0 amide bonds. The van der Waals surface area contributed by atoms with Gasteiger partial charge in [0.15, 0.2) is 0 Å². The molecule has 1 aliphatic heterocycles. The topological polar surface area (TPSA) is 62.6 Å². The van der Waals surface area contributed by atoms with Crippen LogP contribution >= 0.6 is 0 Å². The molecule has 0 aromatic heterocycles. The molecule has 0 bridgehead atoms. The number of halogens is 1. The van der Waals surface area contributed by atoms with E-state index in [0.717, 1.165) is 0 Å². The lowest BCUT2D eigenvalue weighted by molar-refractivity contribution is -0.00489. The van der Waals surface area contributed by atoms with Crippen LogP contribution in [-0.2, 0) is 9.47 Å². The summed E-state index contributed by atoms with van der Waals surface area (Å²) in [7, 11) is 3.57. The van der Waals surface area contributed by atoms with Gasteiger partial charge in [-0.05, 0) is 31.0 Å². The predicted octanol–water partition coefficient (Wildman–Crippen LogP) is 2.37. The van der Waals surface area contributed by atoms with Gasteiger partial charge in [0.2, 0.25) is 0 Å². The van der Waals surface area contributed by atoms with E-state index in [1.807, 2.05) is 0 Å². The Morgan fingerprint density at radius 3 is 2.68 bits per heavy atom. The van der Waals surface area contributed by atoms with Gasteiger partial charge in [0.25, 0.3) is 0 Å². The van der Waals surface area contributed by atoms with E-state index in [0.29, 0.717) is 31.7 Å². The fraction of sp³-hybridized carbons (Fsp3) is 0.500. The third-order valence-corrected chi connectivity index (χ3v) is 3.86. The predicted molar refractivity (Wildman–Crippen MR) is 79.1 cm³/mol. The molecule has 2 rings (SSSR count). The first-order chi connectivity index (χ1) is 10.5. The number of hydrogen-bond acceptors (Lipinski definition) is 5. The third-order valence-electron chi connectivity index (χ3n) is 3.86.